The summed E-state index contributed by atoms with van der Waals surface area (Å²) in [6, 6.07) is 1.58. The highest BCUT2D eigenvalue weighted by Gasteiger charge is 2.06. The topological polar surface area (TPSA) is 24.9 Å². The molecule has 0 saturated carbocycles. The van der Waals surface area contributed by atoms with E-state index in [0.717, 1.165) is 18.1 Å². The maximum Gasteiger partial charge on any atom is 0.150 e. The zero-order valence-corrected chi connectivity index (χ0v) is 11.6. The third-order valence-electron chi connectivity index (χ3n) is 1.66. The van der Waals surface area contributed by atoms with Gasteiger partial charge in [-0.05, 0) is 6.07 Å². The SMILES string of the molecule is C=CCSCCNc1nc(Cl)c(Cl)cc1Cl. The second kappa shape index (κ2) is 7.28. The Morgan fingerprint density at radius 3 is 2.81 bits per heavy atom. The molecule has 6 heteroatoms. The fraction of sp³-hybridized carbons (Fsp3) is 0.300. The molecule has 2 nitrogen and oxygen atoms in total. The second-order valence-corrected chi connectivity index (χ2v) is 5.20. The number of aromatic nitrogens is 1. The van der Waals surface area contributed by atoms with Gasteiger partial charge in [0.1, 0.15) is 11.0 Å². The number of nitrogens with one attached hydrogen (secondary N) is 1. The monoisotopic (exact) mass is 296 g/mol. The third-order valence-corrected chi connectivity index (χ3v) is 3.59. The maximum absolute atomic E-state index is 5.95. The molecule has 1 aromatic heterocycles. The van der Waals surface area contributed by atoms with Crippen LogP contribution in [0.1, 0.15) is 0 Å². The van der Waals surface area contributed by atoms with Gasteiger partial charge in [0.15, 0.2) is 0 Å². The molecule has 1 heterocycles. The molecule has 0 spiro atoms. The van der Waals surface area contributed by atoms with Crippen LogP contribution in [0.15, 0.2) is 18.7 Å². The largest absolute Gasteiger partial charge is 0.368 e. The van der Waals surface area contributed by atoms with Gasteiger partial charge in [-0.2, -0.15) is 11.8 Å². The van der Waals surface area contributed by atoms with Crippen LogP contribution in [0, 0.1) is 0 Å². The van der Waals surface area contributed by atoms with Crippen molar-refractivity contribution >= 4 is 52.4 Å². The first-order chi connectivity index (χ1) is 7.65. The van der Waals surface area contributed by atoms with Crippen LogP contribution in [-0.2, 0) is 0 Å². The van der Waals surface area contributed by atoms with Crippen molar-refractivity contribution in [2.45, 2.75) is 0 Å². The van der Waals surface area contributed by atoms with E-state index >= 15 is 0 Å². The third kappa shape index (κ3) is 4.42. The molecule has 0 radical (unpaired) electrons. The number of thioether (sulfide) groups is 1. The lowest BCUT2D eigenvalue weighted by atomic mass is 10.4. The van der Waals surface area contributed by atoms with Crippen molar-refractivity contribution in [1.29, 1.82) is 0 Å². The molecule has 0 unspecified atom stereocenters. The summed E-state index contributed by atoms with van der Waals surface area (Å²) in [5, 5.41) is 4.19. The minimum absolute atomic E-state index is 0.257. The molecule has 0 atom stereocenters. The minimum Gasteiger partial charge on any atom is -0.368 e. The predicted octanol–water partition coefficient (Wildman–Crippen LogP) is 4.37. The maximum atomic E-state index is 5.95. The Bertz CT molecular complexity index is 371. The Hall–Kier alpha value is -0.0900. The number of pyridine rings is 1. The smallest absolute Gasteiger partial charge is 0.150 e. The number of hydrogen-bond acceptors (Lipinski definition) is 3. The number of halogens is 3. The standard InChI is InChI=1S/C10H11Cl3N2S/c1-2-4-16-5-3-14-10-8(12)6-7(11)9(13)15-10/h2,6H,1,3-5H2,(H,14,15). The van der Waals surface area contributed by atoms with Crippen molar-refractivity contribution in [2.75, 3.05) is 23.4 Å². The molecule has 1 aromatic rings. The van der Waals surface area contributed by atoms with E-state index < -0.39 is 0 Å². The average Bonchev–Trinajstić information content (AvgIpc) is 2.25. The lowest BCUT2D eigenvalue weighted by Gasteiger charge is -2.07. The summed E-state index contributed by atoms with van der Waals surface area (Å²) in [5.41, 5.74) is 0. The van der Waals surface area contributed by atoms with Crippen molar-refractivity contribution < 1.29 is 0 Å². The van der Waals surface area contributed by atoms with Gasteiger partial charge in [0.05, 0.1) is 10.0 Å². The first-order valence-corrected chi connectivity index (χ1v) is 6.88. The number of rotatable bonds is 6. The Morgan fingerprint density at radius 2 is 2.12 bits per heavy atom. The van der Waals surface area contributed by atoms with Gasteiger partial charge < -0.3 is 5.32 Å². The minimum atomic E-state index is 0.257. The summed E-state index contributed by atoms with van der Waals surface area (Å²) < 4.78 is 0. The van der Waals surface area contributed by atoms with Crippen LogP contribution in [0.3, 0.4) is 0 Å². The molecule has 0 aliphatic rings. The second-order valence-electron chi connectivity index (χ2n) is 2.88. The van der Waals surface area contributed by atoms with Gasteiger partial charge in [0.25, 0.3) is 0 Å². The van der Waals surface area contributed by atoms with Crippen LogP contribution in [0.2, 0.25) is 15.2 Å². The molecule has 0 fully saturated rings. The molecule has 1 N–H and O–H groups in total. The van der Waals surface area contributed by atoms with Crippen molar-refractivity contribution in [2.24, 2.45) is 0 Å². The van der Waals surface area contributed by atoms with Crippen LogP contribution in [0.4, 0.5) is 5.82 Å². The Balaban J connectivity index is 2.47. The zero-order valence-electron chi connectivity index (χ0n) is 8.47. The summed E-state index contributed by atoms with van der Waals surface area (Å²) in [6.45, 7) is 4.41. The van der Waals surface area contributed by atoms with Crippen LogP contribution >= 0.6 is 46.6 Å². The number of nitrogens with zero attached hydrogens (tertiary/aromatic N) is 1. The molecule has 1 rings (SSSR count). The Morgan fingerprint density at radius 1 is 1.38 bits per heavy atom. The first-order valence-electron chi connectivity index (χ1n) is 4.59. The molecule has 0 saturated heterocycles. The fourth-order valence-electron chi connectivity index (χ4n) is 0.976. The van der Waals surface area contributed by atoms with E-state index in [0.29, 0.717) is 15.9 Å². The van der Waals surface area contributed by atoms with Gasteiger partial charge in [-0.25, -0.2) is 4.98 Å². The highest BCUT2D eigenvalue weighted by atomic mass is 35.5. The molecule has 88 valence electrons. The van der Waals surface area contributed by atoms with E-state index in [1.165, 1.54) is 0 Å². The lowest BCUT2D eigenvalue weighted by Crippen LogP contribution is -2.06. The van der Waals surface area contributed by atoms with Crippen molar-refractivity contribution in [3.8, 4) is 0 Å². The summed E-state index contributed by atoms with van der Waals surface area (Å²) in [5.74, 6) is 2.45. The van der Waals surface area contributed by atoms with Crippen LogP contribution in [0.25, 0.3) is 0 Å². The van der Waals surface area contributed by atoms with E-state index in [9.17, 15) is 0 Å². The normalized spacial score (nSPS) is 10.2. The summed E-state index contributed by atoms with van der Waals surface area (Å²) in [6.07, 6.45) is 1.87. The Labute approximate surface area is 114 Å². The van der Waals surface area contributed by atoms with E-state index in [4.69, 9.17) is 34.8 Å². The molecule has 0 aliphatic heterocycles. The average molecular weight is 298 g/mol. The van der Waals surface area contributed by atoms with Crippen LogP contribution in [0.5, 0.6) is 0 Å². The van der Waals surface area contributed by atoms with Crippen LogP contribution in [-0.4, -0.2) is 23.0 Å². The van der Waals surface area contributed by atoms with Crippen molar-refractivity contribution in [1.82, 2.24) is 4.98 Å². The molecule has 0 aromatic carbocycles. The van der Waals surface area contributed by atoms with Gasteiger partial charge in [0, 0.05) is 18.1 Å². The summed E-state index contributed by atoms with van der Waals surface area (Å²) >= 11 is 19.3. The van der Waals surface area contributed by atoms with Gasteiger partial charge in [-0.15, -0.1) is 6.58 Å². The van der Waals surface area contributed by atoms with E-state index in [1.807, 2.05) is 6.08 Å². The Kier molecular flexibility index (Phi) is 6.36. The van der Waals surface area contributed by atoms with E-state index in [2.05, 4.69) is 16.9 Å². The predicted molar refractivity (Wildman–Crippen MR) is 75.3 cm³/mol. The van der Waals surface area contributed by atoms with Crippen LogP contribution < -0.4 is 5.32 Å². The summed E-state index contributed by atoms with van der Waals surface area (Å²) in [7, 11) is 0. The van der Waals surface area contributed by atoms with Crippen molar-refractivity contribution in [3.63, 3.8) is 0 Å². The van der Waals surface area contributed by atoms with Gasteiger partial charge in [0.2, 0.25) is 0 Å². The van der Waals surface area contributed by atoms with E-state index in [1.54, 1.807) is 17.8 Å². The van der Waals surface area contributed by atoms with E-state index in [-0.39, 0.29) is 5.15 Å². The van der Waals surface area contributed by atoms with Crippen molar-refractivity contribution in [3.05, 3.63) is 33.9 Å². The van der Waals surface area contributed by atoms with Gasteiger partial charge >= 0.3 is 0 Å². The first kappa shape index (κ1) is 14.0. The highest BCUT2D eigenvalue weighted by molar-refractivity contribution is 7.99. The lowest BCUT2D eigenvalue weighted by molar-refractivity contribution is 1.17. The molecular weight excluding hydrogens is 287 g/mol. The number of anilines is 1. The van der Waals surface area contributed by atoms with Gasteiger partial charge in [-0.1, -0.05) is 40.9 Å². The zero-order chi connectivity index (χ0) is 12.0. The fourth-order valence-corrected chi connectivity index (χ4v) is 2.12. The molecule has 0 bridgehead atoms. The summed E-state index contributed by atoms with van der Waals surface area (Å²) in [4.78, 5) is 4.05. The highest BCUT2D eigenvalue weighted by Crippen LogP contribution is 2.28. The quantitative estimate of drug-likeness (QED) is 0.479. The molecular formula is C10H11Cl3N2S. The molecule has 0 aliphatic carbocycles. The number of hydrogen-bond donors (Lipinski definition) is 1. The molecule has 16 heavy (non-hydrogen) atoms. The van der Waals surface area contributed by atoms with Gasteiger partial charge in [-0.3, -0.25) is 0 Å². The molecule has 0 amide bonds.